The molecule has 136 valence electrons. The molecular formula is C18H18N2O5S. The summed E-state index contributed by atoms with van der Waals surface area (Å²) in [4.78, 5) is 12.6. The van der Waals surface area contributed by atoms with Gasteiger partial charge in [-0.05, 0) is 55.3 Å². The number of benzene rings is 2. The highest BCUT2D eigenvalue weighted by molar-refractivity contribution is 7.89. The van der Waals surface area contributed by atoms with Crippen molar-refractivity contribution in [2.45, 2.75) is 17.7 Å². The van der Waals surface area contributed by atoms with Gasteiger partial charge in [-0.2, -0.15) is 4.31 Å². The topological polar surface area (TPSA) is 84.9 Å². The fraction of sp³-hybridized carbons (Fsp3) is 0.278. The Morgan fingerprint density at radius 1 is 0.962 bits per heavy atom. The molecule has 0 spiro atoms. The van der Waals surface area contributed by atoms with Gasteiger partial charge >= 0.3 is 0 Å². The van der Waals surface area contributed by atoms with Crippen LogP contribution >= 0.6 is 0 Å². The fourth-order valence-electron chi connectivity index (χ4n) is 3.03. The minimum atomic E-state index is -3.45. The summed E-state index contributed by atoms with van der Waals surface area (Å²) in [6, 6.07) is 11.2. The van der Waals surface area contributed by atoms with Crippen molar-refractivity contribution in [3.63, 3.8) is 0 Å². The van der Waals surface area contributed by atoms with Crippen LogP contribution in [0, 0.1) is 0 Å². The number of fused-ring (bicyclic) bond motifs is 1. The maximum Gasteiger partial charge on any atom is 0.255 e. The number of ether oxygens (including phenoxy) is 2. The number of anilines is 1. The Morgan fingerprint density at radius 2 is 1.65 bits per heavy atom. The van der Waals surface area contributed by atoms with Gasteiger partial charge in [0.15, 0.2) is 11.5 Å². The summed E-state index contributed by atoms with van der Waals surface area (Å²) >= 11 is 0. The van der Waals surface area contributed by atoms with E-state index in [9.17, 15) is 13.2 Å². The zero-order valence-corrected chi connectivity index (χ0v) is 14.8. The standard InChI is InChI=1S/C18H18N2O5S/c21-18(13-3-8-16-17(11-13)25-12-24-16)19-14-4-6-15(7-5-14)26(22,23)20-9-1-2-10-20/h3-8,11H,1-2,9-10,12H2,(H,19,21). The minimum Gasteiger partial charge on any atom is -0.454 e. The lowest BCUT2D eigenvalue weighted by atomic mass is 10.2. The van der Waals surface area contributed by atoms with Crippen molar-refractivity contribution in [3.05, 3.63) is 48.0 Å². The Hall–Kier alpha value is -2.58. The number of rotatable bonds is 4. The number of sulfonamides is 1. The van der Waals surface area contributed by atoms with E-state index in [1.165, 1.54) is 16.4 Å². The smallest absolute Gasteiger partial charge is 0.255 e. The second kappa shape index (κ2) is 6.62. The number of amides is 1. The van der Waals surface area contributed by atoms with Crippen LogP contribution in [0.2, 0.25) is 0 Å². The van der Waals surface area contributed by atoms with Crippen molar-refractivity contribution in [2.75, 3.05) is 25.2 Å². The second-order valence-electron chi connectivity index (χ2n) is 6.16. The van der Waals surface area contributed by atoms with Crippen molar-refractivity contribution in [3.8, 4) is 11.5 Å². The quantitative estimate of drug-likeness (QED) is 0.889. The Balaban J connectivity index is 1.48. The molecule has 1 amide bonds. The normalized spacial score (nSPS) is 16.6. The van der Waals surface area contributed by atoms with E-state index in [1.54, 1.807) is 30.3 Å². The Kier molecular flexibility index (Phi) is 4.29. The lowest BCUT2D eigenvalue weighted by Gasteiger charge is -2.15. The monoisotopic (exact) mass is 374 g/mol. The first-order valence-corrected chi connectivity index (χ1v) is 9.79. The SMILES string of the molecule is O=C(Nc1ccc(S(=O)(=O)N2CCCC2)cc1)c1ccc2c(c1)OCO2. The first-order chi connectivity index (χ1) is 12.5. The predicted octanol–water partition coefficient (Wildman–Crippen LogP) is 2.45. The fourth-order valence-corrected chi connectivity index (χ4v) is 4.55. The maximum atomic E-state index is 12.5. The molecule has 1 fully saturated rings. The van der Waals surface area contributed by atoms with Gasteiger partial charge in [0.25, 0.3) is 5.91 Å². The molecule has 0 atom stereocenters. The number of carbonyl (C=O) groups is 1. The molecule has 8 heteroatoms. The first kappa shape index (κ1) is 16.9. The molecular weight excluding hydrogens is 356 g/mol. The molecule has 2 aliphatic heterocycles. The molecule has 1 saturated heterocycles. The van der Waals surface area contributed by atoms with Crippen LogP contribution in [0.25, 0.3) is 0 Å². The molecule has 0 aromatic heterocycles. The van der Waals surface area contributed by atoms with Crippen LogP contribution in [0.3, 0.4) is 0 Å². The molecule has 0 bridgehead atoms. The van der Waals surface area contributed by atoms with Crippen LogP contribution in [-0.2, 0) is 10.0 Å². The minimum absolute atomic E-state index is 0.146. The molecule has 1 N–H and O–H groups in total. The maximum absolute atomic E-state index is 12.5. The molecule has 26 heavy (non-hydrogen) atoms. The molecule has 4 rings (SSSR count). The number of hydrogen-bond acceptors (Lipinski definition) is 5. The summed E-state index contributed by atoms with van der Waals surface area (Å²) in [5.41, 5.74) is 0.955. The van der Waals surface area contributed by atoms with Crippen LogP contribution in [0.4, 0.5) is 5.69 Å². The van der Waals surface area contributed by atoms with E-state index < -0.39 is 10.0 Å². The number of carbonyl (C=O) groups excluding carboxylic acids is 1. The van der Waals surface area contributed by atoms with Gasteiger partial charge < -0.3 is 14.8 Å². The van der Waals surface area contributed by atoms with Gasteiger partial charge in [-0.25, -0.2) is 8.42 Å². The van der Waals surface area contributed by atoms with Gasteiger partial charge in [0.1, 0.15) is 0 Å². The van der Waals surface area contributed by atoms with Crippen LogP contribution in [-0.4, -0.2) is 38.5 Å². The predicted molar refractivity (Wildman–Crippen MR) is 95.0 cm³/mol. The lowest BCUT2D eigenvalue weighted by molar-refractivity contribution is 0.102. The van der Waals surface area contributed by atoms with Crippen molar-refractivity contribution in [1.82, 2.24) is 4.31 Å². The van der Waals surface area contributed by atoms with Gasteiger partial charge in [-0.15, -0.1) is 0 Å². The van der Waals surface area contributed by atoms with Crippen molar-refractivity contribution < 1.29 is 22.7 Å². The highest BCUT2D eigenvalue weighted by Gasteiger charge is 2.27. The van der Waals surface area contributed by atoms with Crippen molar-refractivity contribution in [2.24, 2.45) is 0 Å². The summed E-state index contributed by atoms with van der Waals surface area (Å²) in [6.45, 7) is 1.27. The Bertz CT molecular complexity index is 935. The summed E-state index contributed by atoms with van der Waals surface area (Å²) in [5, 5.41) is 2.75. The number of nitrogens with one attached hydrogen (secondary N) is 1. The van der Waals surface area contributed by atoms with E-state index in [-0.39, 0.29) is 17.6 Å². The number of nitrogens with zero attached hydrogens (tertiary/aromatic N) is 1. The van der Waals surface area contributed by atoms with E-state index in [4.69, 9.17) is 9.47 Å². The third kappa shape index (κ3) is 3.13. The second-order valence-corrected chi connectivity index (χ2v) is 8.10. The van der Waals surface area contributed by atoms with E-state index in [0.717, 1.165) is 12.8 Å². The highest BCUT2D eigenvalue weighted by Crippen LogP contribution is 2.32. The van der Waals surface area contributed by atoms with E-state index in [2.05, 4.69) is 5.32 Å². The van der Waals surface area contributed by atoms with E-state index in [0.29, 0.717) is 35.8 Å². The first-order valence-electron chi connectivity index (χ1n) is 8.35. The molecule has 2 aromatic carbocycles. The summed E-state index contributed by atoms with van der Waals surface area (Å²) < 4.78 is 37.0. The molecule has 2 aliphatic rings. The average Bonchev–Trinajstić information content (AvgIpc) is 3.33. The Labute approximate surface area is 151 Å². The van der Waals surface area contributed by atoms with Crippen molar-refractivity contribution in [1.29, 1.82) is 0 Å². The Morgan fingerprint density at radius 3 is 2.38 bits per heavy atom. The molecule has 0 unspecified atom stereocenters. The van der Waals surface area contributed by atoms with E-state index in [1.807, 2.05) is 0 Å². The van der Waals surface area contributed by atoms with Gasteiger partial charge in [-0.1, -0.05) is 0 Å². The molecule has 2 heterocycles. The molecule has 2 aromatic rings. The largest absolute Gasteiger partial charge is 0.454 e. The summed E-state index contributed by atoms with van der Waals surface area (Å²) in [6.07, 6.45) is 1.78. The zero-order chi connectivity index (χ0) is 18.1. The molecule has 0 radical (unpaired) electrons. The third-order valence-corrected chi connectivity index (χ3v) is 6.36. The van der Waals surface area contributed by atoms with Crippen LogP contribution in [0.1, 0.15) is 23.2 Å². The van der Waals surface area contributed by atoms with Gasteiger partial charge in [-0.3, -0.25) is 4.79 Å². The molecule has 7 nitrogen and oxygen atoms in total. The lowest BCUT2D eigenvalue weighted by Crippen LogP contribution is -2.27. The third-order valence-electron chi connectivity index (χ3n) is 4.45. The van der Waals surface area contributed by atoms with Gasteiger partial charge in [0.05, 0.1) is 4.90 Å². The molecule has 0 saturated carbocycles. The highest BCUT2D eigenvalue weighted by atomic mass is 32.2. The summed E-state index contributed by atoms with van der Waals surface area (Å²) in [5.74, 6) is 0.834. The zero-order valence-electron chi connectivity index (χ0n) is 14.0. The molecule has 0 aliphatic carbocycles. The van der Waals surface area contributed by atoms with Crippen LogP contribution < -0.4 is 14.8 Å². The van der Waals surface area contributed by atoms with E-state index >= 15 is 0 Å². The van der Waals surface area contributed by atoms with Gasteiger partial charge in [0, 0.05) is 24.3 Å². The van der Waals surface area contributed by atoms with Gasteiger partial charge in [0.2, 0.25) is 16.8 Å². The van der Waals surface area contributed by atoms with Crippen LogP contribution in [0.15, 0.2) is 47.4 Å². The summed E-state index contributed by atoms with van der Waals surface area (Å²) in [7, 11) is -3.45. The number of hydrogen-bond donors (Lipinski definition) is 1. The average molecular weight is 374 g/mol. The van der Waals surface area contributed by atoms with Crippen molar-refractivity contribution >= 4 is 21.6 Å². The van der Waals surface area contributed by atoms with Crippen LogP contribution in [0.5, 0.6) is 11.5 Å².